The maximum Gasteiger partial charge on any atom is 0.356 e. The molecule has 0 saturated carbocycles. The summed E-state index contributed by atoms with van der Waals surface area (Å²) in [4.78, 5) is 16.3. The zero-order valence-corrected chi connectivity index (χ0v) is 14.9. The van der Waals surface area contributed by atoms with Crippen molar-refractivity contribution in [2.24, 2.45) is 0 Å². The van der Waals surface area contributed by atoms with Crippen molar-refractivity contribution in [2.45, 2.75) is 27.4 Å². The minimum atomic E-state index is -0.473. The Morgan fingerprint density at radius 1 is 1.00 bits per heavy atom. The summed E-state index contributed by atoms with van der Waals surface area (Å²) in [7, 11) is 1.35. The lowest BCUT2D eigenvalue weighted by Crippen LogP contribution is -2.06. The van der Waals surface area contributed by atoms with Crippen molar-refractivity contribution in [3.8, 4) is 5.75 Å². The number of pyridine rings is 1. The third-order valence-electron chi connectivity index (χ3n) is 4.20. The van der Waals surface area contributed by atoms with Crippen LogP contribution in [0, 0.1) is 20.8 Å². The van der Waals surface area contributed by atoms with Gasteiger partial charge in [-0.2, -0.15) is 0 Å². The SMILES string of the molecule is COC(=O)c1cc(OCc2ccc(C)cc2C)c2cc(C)ccc2n1. The van der Waals surface area contributed by atoms with Gasteiger partial charge in [-0.25, -0.2) is 9.78 Å². The molecular formula is C21H21NO3. The quantitative estimate of drug-likeness (QED) is 0.658. The lowest BCUT2D eigenvalue weighted by atomic mass is 10.1. The molecule has 0 saturated heterocycles. The van der Waals surface area contributed by atoms with Crippen molar-refractivity contribution in [2.75, 3.05) is 7.11 Å². The van der Waals surface area contributed by atoms with Crippen LogP contribution in [0.5, 0.6) is 5.75 Å². The second kappa shape index (κ2) is 6.93. The van der Waals surface area contributed by atoms with E-state index in [0.717, 1.165) is 16.5 Å². The summed E-state index contributed by atoms with van der Waals surface area (Å²) in [5.74, 6) is 0.160. The van der Waals surface area contributed by atoms with E-state index in [-0.39, 0.29) is 5.69 Å². The Balaban J connectivity index is 2.00. The van der Waals surface area contributed by atoms with E-state index in [0.29, 0.717) is 17.9 Å². The normalized spacial score (nSPS) is 10.7. The number of hydrogen-bond donors (Lipinski definition) is 0. The van der Waals surface area contributed by atoms with Gasteiger partial charge in [0.25, 0.3) is 0 Å². The molecule has 0 spiro atoms. The number of carbonyl (C=O) groups is 1. The number of hydrogen-bond acceptors (Lipinski definition) is 4. The average molecular weight is 335 g/mol. The zero-order chi connectivity index (χ0) is 18.0. The molecule has 0 bridgehead atoms. The third-order valence-corrected chi connectivity index (χ3v) is 4.20. The molecular weight excluding hydrogens is 314 g/mol. The van der Waals surface area contributed by atoms with E-state index >= 15 is 0 Å². The molecule has 4 nitrogen and oxygen atoms in total. The second-order valence-electron chi connectivity index (χ2n) is 6.24. The van der Waals surface area contributed by atoms with E-state index in [4.69, 9.17) is 9.47 Å². The number of nitrogens with zero attached hydrogens (tertiary/aromatic N) is 1. The third kappa shape index (κ3) is 3.63. The number of fused-ring (bicyclic) bond motifs is 1. The van der Waals surface area contributed by atoms with Crippen LogP contribution in [-0.2, 0) is 11.3 Å². The summed E-state index contributed by atoms with van der Waals surface area (Å²) in [6.45, 7) is 6.58. The van der Waals surface area contributed by atoms with Crippen molar-refractivity contribution < 1.29 is 14.3 Å². The van der Waals surface area contributed by atoms with Gasteiger partial charge in [-0.3, -0.25) is 0 Å². The van der Waals surface area contributed by atoms with E-state index in [9.17, 15) is 4.79 Å². The molecule has 0 fully saturated rings. The molecule has 1 heterocycles. The molecule has 0 N–H and O–H groups in total. The van der Waals surface area contributed by atoms with Crippen LogP contribution in [0.15, 0.2) is 42.5 Å². The number of esters is 1. The molecule has 0 aliphatic rings. The van der Waals surface area contributed by atoms with Gasteiger partial charge < -0.3 is 9.47 Å². The minimum absolute atomic E-state index is 0.245. The van der Waals surface area contributed by atoms with Gasteiger partial charge in [-0.1, -0.05) is 35.4 Å². The summed E-state index contributed by atoms with van der Waals surface area (Å²) in [5.41, 5.74) is 5.58. The topological polar surface area (TPSA) is 48.4 Å². The first-order valence-corrected chi connectivity index (χ1v) is 8.16. The van der Waals surface area contributed by atoms with Gasteiger partial charge in [0, 0.05) is 11.5 Å². The van der Waals surface area contributed by atoms with Gasteiger partial charge >= 0.3 is 5.97 Å². The second-order valence-corrected chi connectivity index (χ2v) is 6.24. The van der Waals surface area contributed by atoms with Crippen LogP contribution in [0.1, 0.15) is 32.7 Å². The van der Waals surface area contributed by atoms with Crippen LogP contribution < -0.4 is 4.74 Å². The van der Waals surface area contributed by atoms with Crippen LogP contribution in [0.25, 0.3) is 10.9 Å². The van der Waals surface area contributed by atoms with E-state index < -0.39 is 5.97 Å². The van der Waals surface area contributed by atoms with Gasteiger partial charge in [0.2, 0.25) is 0 Å². The van der Waals surface area contributed by atoms with E-state index in [1.807, 2.05) is 25.1 Å². The lowest BCUT2D eigenvalue weighted by molar-refractivity contribution is 0.0594. The number of methoxy groups -OCH3 is 1. The fourth-order valence-corrected chi connectivity index (χ4v) is 2.80. The summed E-state index contributed by atoms with van der Waals surface area (Å²) in [6, 6.07) is 13.8. The Bertz CT molecular complexity index is 947. The monoisotopic (exact) mass is 335 g/mol. The summed E-state index contributed by atoms with van der Waals surface area (Å²) >= 11 is 0. The van der Waals surface area contributed by atoms with E-state index in [1.54, 1.807) is 6.07 Å². The summed E-state index contributed by atoms with van der Waals surface area (Å²) in [6.07, 6.45) is 0. The predicted octanol–water partition coefficient (Wildman–Crippen LogP) is 4.53. The first-order valence-electron chi connectivity index (χ1n) is 8.16. The van der Waals surface area contributed by atoms with Crippen molar-refractivity contribution in [1.82, 2.24) is 4.98 Å². The predicted molar refractivity (Wildman–Crippen MR) is 98.1 cm³/mol. The van der Waals surface area contributed by atoms with Crippen molar-refractivity contribution in [3.63, 3.8) is 0 Å². The molecule has 3 aromatic rings. The van der Waals surface area contributed by atoms with Gasteiger partial charge in [0.1, 0.15) is 12.4 Å². The van der Waals surface area contributed by atoms with Crippen LogP contribution in [0.3, 0.4) is 0 Å². The molecule has 128 valence electrons. The Hall–Kier alpha value is -2.88. The summed E-state index contributed by atoms with van der Waals surface area (Å²) in [5, 5.41) is 0.886. The van der Waals surface area contributed by atoms with E-state index in [1.165, 1.54) is 18.2 Å². The molecule has 0 amide bonds. The van der Waals surface area contributed by atoms with Crippen LogP contribution in [-0.4, -0.2) is 18.1 Å². The number of ether oxygens (including phenoxy) is 2. The molecule has 0 atom stereocenters. The number of carbonyl (C=O) groups excluding carboxylic acids is 1. The number of aromatic nitrogens is 1. The van der Waals surface area contributed by atoms with Crippen molar-refractivity contribution in [1.29, 1.82) is 0 Å². The molecule has 0 unspecified atom stereocenters. The fourth-order valence-electron chi connectivity index (χ4n) is 2.80. The number of aryl methyl sites for hydroxylation is 3. The fraction of sp³-hybridized carbons (Fsp3) is 0.238. The molecule has 3 rings (SSSR count). The largest absolute Gasteiger partial charge is 0.488 e. The maximum atomic E-state index is 11.9. The molecule has 0 radical (unpaired) electrons. The minimum Gasteiger partial charge on any atom is -0.488 e. The maximum absolute atomic E-state index is 11.9. The van der Waals surface area contributed by atoms with Crippen LogP contribution in [0.4, 0.5) is 0 Å². The highest BCUT2D eigenvalue weighted by Crippen LogP contribution is 2.28. The highest BCUT2D eigenvalue weighted by atomic mass is 16.5. The lowest BCUT2D eigenvalue weighted by Gasteiger charge is -2.13. The molecule has 1 aromatic heterocycles. The summed E-state index contributed by atoms with van der Waals surface area (Å²) < 4.78 is 10.9. The van der Waals surface area contributed by atoms with Crippen LogP contribution >= 0.6 is 0 Å². The Morgan fingerprint density at radius 3 is 2.44 bits per heavy atom. The highest BCUT2D eigenvalue weighted by Gasteiger charge is 2.14. The molecule has 25 heavy (non-hydrogen) atoms. The molecule has 0 aliphatic heterocycles. The van der Waals surface area contributed by atoms with Gasteiger partial charge in [0.15, 0.2) is 5.69 Å². The zero-order valence-electron chi connectivity index (χ0n) is 14.9. The van der Waals surface area contributed by atoms with Gasteiger partial charge in [-0.05, 0) is 44.0 Å². The van der Waals surface area contributed by atoms with Crippen molar-refractivity contribution >= 4 is 16.9 Å². The molecule has 4 heteroatoms. The smallest absolute Gasteiger partial charge is 0.356 e. The van der Waals surface area contributed by atoms with Crippen molar-refractivity contribution in [3.05, 3.63) is 70.4 Å². The Kier molecular flexibility index (Phi) is 4.70. The first kappa shape index (κ1) is 17.0. The van der Waals surface area contributed by atoms with E-state index in [2.05, 4.69) is 37.0 Å². The highest BCUT2D eigenvalue weighted by molar-refractivity contribution is 5.94. The number of rotatable bonds is 4. The Morgan fingerprint density at radius 2 is 1.72 bits per heavy atom. The van der Waals surface area contributed by atoms with Crippen LogP contribution in [0.2, 0.25) is 0 Å². The molecule has 2 aromatic carbocycles. The van der Waals surface area contributed by atoms with Gasteiger partial charge in [0.05, 0.1) is 12.6 Å². The van der Waals surface area contributed by atoms with Gasteiger partial charge in [-0.15, -0.1) is 0 Å². The molecule has 0 aliphatic carbocycles. The standard InChI is InChI=1S/C21H21NO3/c1-13-5-7-16(15(3)9-13)12-25-20-11-19(21(23)24-4)22-18-8-6-14(2)10-17(18)20/h5-11H,12H2,1-4H3. The number of benzene rings is 2. The first-order chi connectivity index (χ1) is 12.0. The average Bonchev–Trinajstić information content (AvgIpc) is 2.60. The Labute approximate surface area is 147 Å².